The Balaban J connectivity index is 1.98. The van der Waals surface area contributed by atoms with Crippen LogP contribution in [0.25, 0.3) is 0 Å². The molecule has 0 saturated carbocycles. The summed E-state index contributed by atoms with van der Waals surface area (Å²) >= 11 is 0. The van der Waals surface area contributed by atoms with Gasteiger partial charge in [-0.2, -0.15) is 0 Å². The topological polar surface area (TPSA) is 116 Å². The average Bonchev–Trinajstić information content (AvgIpc) is 2.47. The summed E-state index contributed by atoms with van der Waals surface area (Å²) in [6.45, 7) is 0.130. The highest BCUT2D eigenvalue weighted by molar-refractivity contribution is 5.67. The first-order chi connectivity index (χ1) is 9.99. The van der Waals surface area contributed by atoms with Crippen LogP contribution in [0.5, 0.6) is 0 Å². The van der Waals surface area contributed by atoms with Gasteiger partial charge in [-0.1, -0.05) is 30.3 Å². The molecule has 5 unspecified atom stereocenters. The fourth-order valence-corrected chi connectivity index (χ4v) is 2.15. The maximum atomic E-state index is 10.7. The Bertz CT molecular complexity index is 464. The zero-order valence-electron chi connectivity index (χ0n) is 11.2. The van der Waals surface area contributed by atoms with E-state index in [2.05, 4.69) is 0 Å². The smallest absolute Gasteiger partial charge is 0.306 e. The molecule has 0 bridgehead atoms. The minimum absolute atomic E-state index is 0.130. The van der Waals surface area contributed by atoms with Gasteiger partial charge in [0.15, 0.2) is 6.29 Å². The van der Waals surface area contributed by atoms with E-state index in [-0.39, 0.29) is 6.61 Å². The van der Waals surface area contributed by atoms with Crippen molar-refractivity contribution in [3.05, 3.63) is 35.9 Å². The lowest BCUT2D eigenvalue weighted by Crippen LogP contribution is -2.58. The molecular formula is C14H18O7. The summed E-state index contributed by atoms with van der Waals surface area (Å²) < 4.78 is 10.6. The third kappa shape index (κ3) is 3.99. The van der Waals surface area contributed by atoms with Crippen LogP contribution in [0, 0.1) is 0 Å². The second-order valence-corrected chi connectivity index (χ2v) is 4.91. The third-order valence-corrected chi connectivity index (χ3v) is 3.30. The molecule has 0 amide bonds. The van der Waals surface area contributed by atoms with E-state index in [1.807, 2.05) is 30.3 Å². The highest BCUT2D eigenvalue weighted by Crippen LogP contribution is 2.24. The fourth-order valence-electron chi connectivity index (χ4n) is 2.15. The first kappa shape index (κ1) is 15.9. The first-order valence-electron chi connectivity index (χ1n) is 6.56. The fraction of sp³-hybridized carbons (Fsp3) is 0.500. The third-order valence-electron chi connectivity index (χ3n) is 3.30. The number of aliphatic hydroxyl groups excluding tert-OH is 3. The number of aliphatic hydroxyl groups is 3. The summed E-state index contributed by atoms with van der Waals surface area (Å²) in [5.41, 5.74) is 0.837. The molecule has 1 aliphatic heterocycles. The van der Waals surface area contributed by atoms with Gasteiger partial charge in [0.05, 0.1) is 19.1 Å². The predicted molar refractivity (Wildman–Crippen MR) is 70.2 cm³/mol. The largest absolute Gasteiger partial charge is 0.481 e. The van der Waals surface area contributed by atoms with Crippen LogP contribution in [0.3, 0.4) is 0 Å². The highest BCUT2D eigenvalue weighted by Gasteiger charge is 2.44. The lowest BCUT2D eigenvalue weighted by Gasteiger charge is -2.39. The number of aliphatic carboxylic acids is 1. The Kier molecular flexibility index (Phi) is 5.27. The number of carboxylic acid groups (broad SMARTS) is 1. The molecule has 1 aromatic rings. The van der Waals surface area contributed by atoms with Gasteiger partial charge in [-0.15, -0.1) is 0 Å². The van der Waals surface area contributed by atoms with Gasteiger partial charge in [0.1, 0.15) is 18.3 Å². The summed E-state index contributed by atoms with van der Waals surface area (Å²) in [6.07, 6.45) is -7.28. The lowest BCUT2D eigenvalue weighted by molar-refractivity contribution is -0.300. The van der Waals surface area contributed by atoms with E-state index in [1.54, 1.807) is 0 Å². The van der Waals surface area contributed by atoms with Gasteiger partial charge >= 0.3 is 5.97 Å². The second kappa shape index (κ2) is 6.97. The molecule has 7 heteroatoms. The first-order valence-corrected chi connectivity index (χ1v) is 6.56. The van der Waals surface area contributed by atoms with Crippen molar-refractivity contribution in [2.24, 2.45) is 0 Å². The predicted octanol–water partition coefficient (Wildman–Crippen LogP) is -0.515. The molecule has 7 nitrogen and oxygen atoms in total. The van der Waals surface area contributed by atoms with Crippen molar-refractivity contribution in [3.8, 4) is 0 Å². The van der Waals surface area contributed by atoms with Gasteiger partial charge in [0.25, 0.3) is 0 Å². The molecular weight excluding hydrogens is 280 g/mol. The monoisotopic (exact) mass is 298 g/mol. The van der Waals surface area contributed by atoms with Crippen LogP contribution < -0.4 is 0 Å². The SMILES string of the molecule is O=C(O)CC1OC(OCc2ccccc2)C(O)C(O)C1O. The number of rotatable bonds is 5. The van der Waals surface area contributed by atoms with E-state index >= 15 is 0 Å². The van der Waals surface area contributed by atoms with Crippen LogP contribution >= 0.6 is 0 Å². The van der Waals surface area contributed by atoms with E-state index in [0.717, 1.165) is 5.56 Å². The molecule has 2 rings (SSSR count). The van der Waals surface area contributed by atoms with Gasteiger partial charge < -0.3 is 29.9 Å². The molecule has 4 N–H and O–H groups in total. The number of carboxylic acids is 1. The van der Waals surface area contributed by atoms with Gasteiger partial charge in [-0.05, 0) is 5.56 Å². The molecule has 1 aliphatic rings. The molecule has 0 aromatic heterocycles. The molecule has 1 heterocycles. The zero-order valence-corrected chi connectivity index (χ0v) is 11.2. The van der Waals surface area contributed by atoms with E-state index in [1.165, 1.54) is 0 Å². The molecule has 21 heavy (non-hydrogen) atoms. The number of hydrogen-bond donors (Lipinski definition) is 4. The number of hydrogen-bond acceptors (Lipinski definition) is 6. The van der Waals surface area contributed by atoms with Crippen molar-refractivity contribution in [1.82, 2.24) is 0 Å². The molecule has 1 fully saturated rings. The molecule has 116 valence electrons. The lowest BCUT2D eigenvalue weighted by atomic mass is 9.97. The quantitative estimate of drug-likeness (QED) is 0.578. The van der Waals surface area contributed by atoms with Crippen LogP contribution in [0.1, 0.15) is 12.0 Å². The Morgan fingerprint density at radius 2 is 1.76 bits per heavy atom. The highest BCUT2D eigenvalue weighted by atomic mass is 16.7. The van der Waals surface area contributed by atoms with Crippen LogP contribution in [-0.2, 0) is 20.9 Å². The van der Waals surface area contributed by atoms with Crippen molar-refractivity contribution in [2.45, 2.75) is 43.7 Å². The summed E-state index contributed by atoms with van der Waals surface area (Å²) in [6, 6.07) is 9.12. The molecule has 0 aliphatic carbocycles. The van der Waals surface area contributed by atoms with Gasteiger partial charge in [0, 0.05) is 0 Å². The molecule has 5 atom stereocenters. The molecule has 1 aromatic carbocycles. The number of benzene rings is 1. The minimum atomic E-state index is -1.52. The van der Waals surface area contributed by atoms with Gasteiger partial charge in [-0.25, -0.2) is 0 Å². The van der Waals surface area contributed by atoms with Crippen LogP contribution in [0.4, 0.5) is 0 Å². The summed E-state index contributed by atoms with van der Waals surface area (Å²) in [5.74, 6) is -1.18. The van der Waals surface area contributed by atoms with Crippen LogP contribution in [0.2, 0.25) is 0 Å². The maximum absolute atomic E-state index is 10.7. The average molecular weight is 298 g/mol. The number of ether oxygens (including phenoxy) is 2. The molecule has 0 radical (unpaired) electrons. The molecule has 0 spiro atoms. The Labute approximate surface area is 121 Å². The van der Waals surface area contributed by atoms with Crippen LogP contribution in [-0.4, -0.2) is 57.1 Å². The zero-order chi connectivity index (χ0) is 15.4. The van der Waals surface area contributed by atoms with Crippen LogP contribution in [0.15, 0.2) is 30.3 Å². The van der Waals surface area contributed by atoms with E-state index in [0.29, 0.717) is 0 Å². The molecule has 1 saturated heterocycles. The number of carbonyl (C=O) groups is 1. The maximum Gasteiger partial charge on any atom is 0.306 e. The Morgan fingerprint density at radius 3 is 2.38 bits per heavy atom. The normalized spacial score (nSPS) is 32.8. The summed E-state index contributed by atoms with van der Waals surface area (Å²) in [7, 11) is 0. The van der Waals surface area contributed by atoms with Gasteiger partial charge in [-0.3, -0.25) is 4.79 Å². The van der Waals surface area contributed by atoms with Crippen molar-refractivity contribution < 1.29 is 34.7 Å². The van der Waals surface area contributed by atoms with E-state index in [4.69, 9.17) is 14.6 Å². The Hall–Kier alpha value is -1.51. The summed E-state index contributed by atoms with van der Waals surface area (Å²) in [5, 5.41) is 38.0. The van der Waals surface area contributed by atoms with E-state index in [9.17, 15) is 20.1 Å². The van der Waals surface area contributed by atoms with Crippen molar-refractivity contribution in [3.63, 3.8) is 0 Å². The summed E-state index contributed by atoms with van der Waals surface area (Å²) in [4.78, 5) is 10.7. The van der Waals surface area contributed by atoms with Crippen molar-refractivity contribution >= 4 is 5.97 Å². The van der Waals surface area contributed by atoms with Crippen molar-refractivity contribution in [1.29, 1.82) is 0 Å². The Morgan fingerprint density at radius 1 is 1.10 bits per heavy atom. The second-order valence-electron chi connectivity index (χ2n) is 4.91. The minimum Gasteiger partial charge on any atom is -0.481 e. The van der Waals surface area contributed by atoms with Crippen molar-refractivity contribution in [2.75, 3.05) is 0 Å². The standard InChI is InChI=1S/C14H18O7/c15-10(16)6-9-11(17)12(18)13(19)14(21-9)20-7-8-4-2-1-3-5-8/h1-5,9,11-14,17-19H,6-7H2,(H,15,16). The van der Waals surface area contributed by atoms with Gasteiger partial charge in [0.2, 0.25) is 0 Å². The van der Waals surface area contributed by atoms with E-state index < -0.39 is 43.1 Å².